The van der Waals surface area contributed by atoms with E-state index in [0.717, 1.165) is 4.31 Å². The standard InChI is InChI=1S/C11H14ClNO5S/c1-7(11(14)15)13(2)19(16,17)10-6-8(12)4-5-9(10)18-3/h4-7H,1-3H3,(H,14,15). The Morgan fingerprint density at radius 3 is 2.53 bits per heavy atom. The number of nitrogens with zero attached hydrogens (tertiary/aromatic N) is 1. The molecule has 0 saturated carbocycles. The number of carboxylic acids is 1. The van der Waals surface area contributed by atoms with Gasteiger partial charge in [-0.25, -0.2) is 8.42 Å². The number of rotatable bonds is 5. The van der Waals surface area contributed by atoms with Crippen LogP contribution in [-0.2, 0) is 14.8 Å². The fraction of sp³-hybridized carbons (Fsp3) is 0.364. The Morgan fingerprint density at radius 1 is 1.47 bits per heavy atom. The van der Waals surface area contributed by atoms with Crippen molar-refractivity contribution in [3.05, 3.63) is 23.2 Å². The van der Waals surface area contributed by atoms with Crippen molar-refractivity contribution in [1.29, 1.82) is 0 Å². The molecule has 0 aliphatic rings. The average molecular weight is 308 g/mol. The summed E-state index contributed by atoms with van der Waals surface area (Å²) in [7, 11) is -1.49. The molecule has 8 heteroatoms. The molecule has 0 amide bonds. The zero-order valence-corrected chi connectivity index (χ0v) is 12.2. The van der Waals surface area contributed by atoms with E-state index >= 15 is 0 Å². The number of hydrogen-bond donors (Lipinski definition) is 1. The van der Waals surface area contributed by atoms with E-state index in [0.29, 0.717) is 0 Å². The van der Waals surface area contributed by atoms with Crippen LogP contribution >= 0.6 is 11.6 Å². The summed E-state index contributed by atoms with van der Waals surface area (Å²) >= 11 is 5.77. The van der Waals surface area contributed by atoms with E-state index < -0.39 is 22.0 Å². The third-order valence-corrected chi connectivity index (χ3v) is 4.87. The van der Waals surface area contributed by atoms with Gasteiger partial charge in [-0.15, -0.1) is 0 Å². The zero-order chi connectivity index (χ0) is 14.8. The molecule has 6 nitrogen and oxygen atoms in total. The van der Waals surface area contributed by atoms with Gasteiger partial charge in [0.25, 0.3) is 0 Å². The largest absolute Gasteiger partial charge is 0.495 e. The Balaban J connectivity index is 3.35. The van der Waals surface area contributed by atoms with Gasteiger partial charge in [0, 0.05) is 12.1 Å². The zero-order valence-electron chi connectivity index (χ0n) is 10.6. The molecule has 1 rings (SSSR count). The topological polar surface area (TPSA) is 83.9 Å². The highest BCUT2D eigenvalue weighted by molar-refractivity contribution is 7.89. The van der Waals surface area contributed by atoms with E-state index in [2.05, 4.69) is 0 Å². The lowest BCUT2D eigenvalue weighted by molar-refractivity contribution is -0.140. The molecule has 1 aromatic rings. The van der Waals surface area contributed by atoms with Gasteiger partial charge in [0.1, 0.15) is 16.7 Å². The van der Waals surface area contributed by atoms with Gasteiger partial charge in [-0.1, -0.05) is 11.6 Å². The Labute approximate surface area is 116 Å². The summed E-state index contributed by atoms with van der Waals surface area (Å²) in [6, 6.07) is 2.92. The van der Waals surface area contributed by atoms with Crippen molar-refractivity contribution in [2.24, 2.45) is 0 Å². The molecule has 0 aliphatic carbocycles. The van der Waals surface area contributed by atoms with E-state index in [1.54, 1.807) is 0 Å². The van der Waals surface area contributed by atoms with Gasteiger partial charge in [0.2, 0.25) is 10.0 Å². The molecular weight excluding hydrogens is 294 g/mol. The maximum absolute atomic E-state index is 12.3. The van der Waals surface area contributed by atoms with Crippen LogP contribution in [0.5, 0.6) is 5.75 Å². The Bertz CT molecular complexity index is 587. The maximum Gasteiger partial charge on any atom is 0.321 e. The summed E-state index contributed by atoms with van der Waals surface area (Å²) in [4.78, 5) is 10.7. The second-order valence-corrected chi connectivity index (χ2v) is 6.23. The first-order valence-corrected chi connectivity index (χ1v) is 7.08. The highest BCUT2D eigenvalue weighted by Crippen LogP contribution is 2.29. The van der Waals surface area contributed by atoms with Crippen molar-refractivity contribution >= 4 is 27.6 Å². The number of benzene rings is 1. The van der Waals surface area contributed by atoms with E-state index in [4.69, 9.17) is 21.4 Å². The maximum atomic E-state index is 12.3. The smallest absolute Gasteiger partial charge is 0.321 e. The number of halogens is 1. The molecule has 0 bridgehead atoms. The Morgan fingerprint density at radius 2 is 2.05 bits per heavy atom. The van der Waals surface area contributed by atoms with Gasteiger partial charge in [-0.05, 0) is 25.1 Å². The van der Waals surface area contributed by atoms with Gasteiger partial charge in [0.05, 0.1) is 7.11 Å². The summed E-state index contributed by atoms with van der Waals surface area (Å²) in [6.07, 6.45) is 0. The molecule has 1 N–H and O–H groups in total. The van der Waals surface area contributed by atoms with E-state index in [1.165, 1.54) is 39.3 Å². The van der Waals surface area contributed by atoms with Crippen LogP contribution < -0.4 is 4.74 Å². The number of hydrogen-bond acceptors (Lipinski definition) is 4. The summed E-state index contributed by atoms with van der Waals surface area (Å²) in [6.45, 7) is 1.27. The highest BCUT2D eigenvalue weighted by Gasteiger charge is 2.31. The van der Waals surface area contributed by atoms with Crippen molar-refractivity contribution in [1.82, 2.24) is 4.31 Å². The second-order valence-electron chi connectivity index (χ2n) is 3.83. The van der Waals surface area contributed by atoms with Crippen LogP contribution in [0.2, 0.25) is 5.02 Å². The Kier molecular flexibility index (Phi) is 4.78. The number of ether oxygens (including phenoxy) is 1. The summed E-state index contributed by atoms with van der Waals surface area (Å²) in [5.74, 6) is -1.14. The second kappa shape index (κ2) is 5.77. The van der Waals surface area contributed by atoms with Gasteiger partial charge < -0.3 is 9.84 Å². The van der Waals surface area contributed by atoms with Gasteiger partial charge in [-0.3, -0.25) is 4.79 Å². The van der Waals surface area contributed by atoms with Crippen molar-refractivity contribution in [3.63, 3.8) is 0 Å². The highest BCUT2D eigenvalue weighted by atomic mass is 35.5. The van der Waals surface area contributed by atoms with E-state index in [9.17, 15) is 13.2 Å². The number of methoxy groups -OCH3 is 1. The Hall–Kier alpha value is -1.31. The van der Waals surface area contributed by atoms with Gasteiger partial charge >= 0.3 is 5.97 Å². The number of carboxylic acid groups (broad SMARTS) is 1. The normalized spacial score (nSPS) is 13.3. The first kappa shape index (κ1) is 15.7. The van der Waals surface area contributed by atoms with Crippen LogP contribution in [-0.4, -0.2) is 44.0 Å². The molecule has 0 saturated heterocycles. The summed E-state index contributed by atoms with van der Waals surface area (Å²) < 4.78 is 30.4. The molecule has 0 aliphatic heterocycles. The molecule has 0 heterocycles. The molecular formula is C11H14ClNO5S. The number of carbonyl (C=O) groups is 1. The fourth-order valence-corrected chi connectivity index (χ4v) is 3.11. The van der Waals surface area contributed by atoms with Gasteiger partial charge in [-0.2, -0.15) is 4.31 Å². The van der Waals surface area contributed by atoms with Crippen molar-refractivity contribution < 1.29 is 23.1 Å². The minimum absolute atomic E-state index is 0.105. The third kappa shape index (κ3) is 3.17. The number of sulfonamides is 1. The van der Waals surface area contributed by atoms with Crippen molar-refractivity contribution in [3.8, 4) is 5.75 Å². The quantitative estimate of drug-likeness (QED) is 0.890. The van der Waals surface area contributed by atoms with E-state index in [-0.39, 0.29) is 15.7 Å². The predicted octanol–water partition coefficient (Wildman–Crippen LogP) is 1.44. The summed E-state index contributed by atoms with van der Waals surface area (Å²) in [5.41, 5.74) is 0. The first-order chi connectivity index (χ1) is 8.71. The minimum atomic E-state index is -4.01. The summed E-state index contributed by atoms with van der Waals surface area (Å²) in [5, 5.41) is 9.10. The SMILES string of the molecule is COc1ccc(Cl)cc1S(=O)(=O)N(C)C(C)C(=O)O. The van der Waals surface area contributed by atoms with Crippen LogP contribution in [0, 0.1) is 0 Å². The monoisotopic (exact) mass is 307 g/mol. The lowest BCUT2D eigenvalue weighted by Crippen LogP contribution is -2.40. The van der Waals surface area contributed by atoms with Crippen LogP contribution in [0.25, 0.3) is 0 Å². The van der Waals surface area contributed by atoms with Crippen LogP contribution in [0.1, 0.15) is 6.92 Å². The van der Waals surface area contributed by atoms with Crippen LogP contribution in [0.4, 0.5) is 0 Å². The molecule has 0 aromatic heterocycles. The lowest BCUT2D eigenvalue weighted by atomic mass is 10.3. The molecule has 0 radical (unpaired) electrons. The molecule has 1 atom stereocenters. The lowest BCUT2D eigenvalue weighted by Gasteiger charge is -2.22. The fourth-order valence-electron chi connectivity index (χ4n) is 1.37. The third-order valence-electron chi connectivity index (χ3n) is 2.69. The molecule has 106 valence electrons. The molecule has 0 spiro atoms. The molecule has 19 heavy (non-hydrogen) atoms. The number of aliphatic carboxylic acids is 1. The van der Waals surface area contributed by atoms with Crippen molar-refractivity contribution in [2.45, 2.75) is 17.9 Å². The van der Waals surface area contributed by atoms with Crippen LogP contribution in [0.15, 0.2) is 23.1 Å². The van der Waals surface area contributed by atoms with Crippen molar-refractivity contribution in [2.75, 3.05) is 14.2 Å². The predicted molar refractivity (Wildman–Crippen MR) is 70.1 cm³/mol. The average Bonchev–Trinajstić information content (AvgIpc) is 2.36. The molecule has 1 unspecified atom stereocenters. The van der Waals surface area contributed by atoms with E-state index in [1.807, 2.05) is 0 Å². The number of likely N-dealkylation sites (N-methyl/N-ethyl adjacent to an activating group) is 1. The van der Waals surface area contributed by atoms with Gasteiger partial charge in [0.15, 0.2) is 0 Å². The molecule has 1 aromatic carbocycles. The molecule has 0 fully saturated rings. The minimum Gasteiger partial charge on any atom is -0.495 e. The first-order valence-electron chi connectivity index (χ1n) is 5.26. The van der Waals surface area contributed by atoms with Crippen LogP contribution in [0.3, 0.4) is 0 Å².